The van der Waals surface area contributed by atoms with E-state index in [4.69, 9.17) is 11.6 Å². The average molecular weight is 223 g/mol. The minimum atomic E-state index is 0. The molecule has 0 unspecified atom stereocenters. The van der Waals surface area contributed by atoms with E-state index in [9.17, 15) is 0 Å². The van der Waals surface area contributed by atoms with Gasteiger partial charge in [0.15, 0.2) is 0 Å². The Balaban J connectivity index is 0. The number of para-hydroxylation sites is 1. The number of guanidine groups is 1. The summed E-state index contributed by atoms with van der Waals surface area (Å²) in [6.45, 7) is 0. The van der Waals surface area contributed by atoms with Gasteiger partial charge in [0, 0.05) is 0 Å². The van der Waals surface area contributed by atoms with Crippen molar-refractivity contribution in [2.75, 3.05) is 0 Å². The summed E-state index contributed by atoms with van der Waals surface area (Å²) in [6.07, 6.45) is 0. The number of benzene rings is 1. The van der Waals surface area contributed by atoms with Crippen LogP contribution in [0.2, 0.25) is 0 Å². The Hall–Kier alpha value is -0.970. The lowest BCUT2D eigenvalue weighted by Gasteiger charge is -1.96. The van der Waals surface area contributed by atoms with Gasteiger partial charge in [0.1, 0.15) is 0 Å². The first-order chi connectivity index (χ1) is 5.33. The Bertz CT molecular complexity index is 250. The number of hydrogen-bond acceptors (Lipinski definition) is 2. The van der Waals surface area contributed by atoms with E-state index in [0.29, 0.717) is 0 Å². The Morgan fingerprint density at radius 2 is 1.69 bits per heavy atom. The summed E-state index contributed by atoms with van der Waals surface area (Å²) < 4.78 is 0. The van der Waals surface area contributed by atoms with Crippen molar-refractivity contribution in [3.8, 4) is 0 Å². The van der Waals surface area contributed by atoms with E-state index in [0.717, 1.165) is 5.69 Å². The Morgan fingerprint density at radius 1 is 1.15 bits per heavy atom. The fourth-order valence-corrected chi connectivity index (χ4v) is 0.674. The van der Waals surface area contributed by atoms with Gasteiger partial charge in [-0.1, -0.05) is 18.2 Å². The maximum absolute atomic E-state index is 5.32. The smallest absolute Gasteiger partial charge is 0.208 e. The highest BCUT2D eigenvalue weighted by Crippen LogP contribution is 2.08. The third kappa shape index (κ3) is 5.30. The highest BCUT2D eigenvalue weighted by Gasteiger charge is 1.86. The predicted molar refractivity (Wildman–Crippen MR) is 59.5 cm³/mol. The molecule has 0 aromatic heterocycles. The first kappa shape index (κ1) is 14.5. The summed E-state index contributed by atoms with van der Waals surface area (Å²) in [7, 11) is 0. The van der Waals surface area contributed by atoms with Crippen LogP contribution in [0.1, 0.15) is 0 Å². The molecule has 0 aliphatic heterocycles. The molecule has 74 valence electrons. The van der Waals surface area contributed by atoms with Crippen LogP contribution in [0.25, 0.3) is 0 Å². The SMILES string of the molecule is Cl.Cl.NNC(N)=Nc1ccccc1. The van der Waals surface area contributed by atoms with E-state index in [-0.39, 0.29) is 30.8 Å². The molecule has 6 heteroatoms. The molecule has 0 spiro atoms. The summed E-state index contributed by atoms with van der Waals surface area (Å²) in [5.41, 5.74) is 8.34. The van der Waals surface area contributed by atoms with Crippen molar-refractivity contribution in [1.29, 1.82) is 0 Å². The van der Waals surface area contributed by atoms with Crippen LogP contribution in [0.4, 0.5) is 5.69 Å². The van der Waals surface area contributed by atoms with Crippen molar-refractivity contribution >= 4 is 36.5 Å². The van der Waals surface area contributed by atoms with E-state index in [1.807, 2.05) is 30.3 Å². The van der Waals surface area contributed by atoms with E-state index >= 15 is 0 Å². The molecule has 1 aromatic carbocycles. The fraction of sp³-hybridized carbons (Fsp3) is 0. The van der Waals surface area contributed by atoms with Crippen molar-refractivity contribution in [3.05, 3.63) is 30.3 Å². The normalized spacial score (nSPS) is 9.46. The Morgan fingerprint density at radius 3 is 2.15 bits per heavy atom. The molecule has 0 saturated carbocycles. The average Bonchev–Trinajstić information content (AvgIpc) is 2.06. The lowest BCUT2D eigenvalue weighted by molar-refractivity contribution is 1.01. The molecule has 0 radical (unpaired) electrons. The van der Waals surface area contributed by atoms with Gasteiger partial charge >= 0.3 is 0 Å². The van der Waals surface area contributed by atoms with Crippen LogP contribution < -0.4 is 17.0 Å². The molecule has 4 nitrogen and oxygen atoms in total. The van der Waals surface area contributed by atoms with Gasteiger partial charge in [-0.05, 0) is 12.1 Å². The zero-order valence-corrected chi connectivity index (χ0v) is 8.44. The molecular formula is C7H12Cl2N4. The van der Waals surface area contributed by atoms with Crippen molar-refractivity contribution < 1.29 is 0 Å². The minimum absolute atomic E-state index is 0. The molecule has 0 saturated heterocycles. The van der Waals surface area contributed by atoms with E-state index in [1.54, 1.807) is 0 Å². The molecule has 0 aliphatic carbocycles. The number of nitrogens with zero attached hydrogens (tertiary/aromatic N) is 1. The molecule has 1 aromatic rings. The first-order valence-corrected chi connectivity index (χ1v) is 3.19. The van der Waals surface area contributed by atoms with Crippen LogP contribution in [-0.4, -0.2) is 5.96 Å². The molecule has 1 rings (SSSR count). The molecule has 13 heavy (non-hydrogen) atoms. The lowest BCUT2D eigenvalue weighted by Crippen LogP contribution is -2.36. The zero-order valence-electron chi connectivity index (χ0n) is 6.81. The maximum atomic E-state index is 5.32. The third-order valence-electron chi connectivity index (χ3n) is 1.15. The second kappa shape index (κ2) is 7.67. The van der Waals surface area contributed by atoms with Gasteiger partial charge in [-0.15, -0.1) is 24.8 Å². The van der Waals surface area contributed by atoms with Crippen LogP contribution in [0, 0.1) is 0 Å². The number of hydrazine groups is 1. The number of nitrogens with two attached hydrogens (primary N) is 2. The predicted octanol–water partition coefficient (Wildman–Crippen LogP) is 0.940. The molecular weight excluding hydrogens is 211 g/mol. The highest BCUT2D eigenvalue weighted by atomic mass is 35.5. The van der Waals surface area contributed by atoms with Crippen LogP contribution in [-0.2, 0) is 0 Å². The summed E-state index contributed by atoms with van der Waals surface area (Å²) in [4.78, 5) is 3.94. The summed E-state index contributed by atoms with van der Waals surface area (Å²) in [6, 6.07) is 9.34. The van der Waals surface area contributed by atoms with Gasteiger partial charge in [0.2, 0.25) is 5.96 Å². The molecule has 0 amide bonds. The zero-order chi connectivity index (χ0) is 8.10. The molecule has 0 aliphatic rings. The lowest BCUT2D eigenvalue weighted by atomic mass is 10.3. The van der Waals surface area contributed by atoms with E-state index in [2.05, 4.69) is 10.4 Å². The number of hydrogen-bond donors (Lipinski definition) is 3. The first-order valence-electron chi connectivity index (χ1n) is 3.19. The second-order valence-corrected chi connectivity index (χ2v) is 1.98. The van der Waals surface area contributed by atoms with E-state index in [1.165, 1.54) is 0 Å². The standard InChI is InChI=1S/C7H10N4.2ClH/c8-7(11-9)10-6-4-2-1-3-5-6;;/h1-5H,9H2,(H3,8,10,11);2*1H. The van der Waals surface area contributed by atoms with Crippen molar-refractivity contribution in [2.45, 2.75) is 0 Å². The third-order valence-corrected chi connectivity index (χ3v) is 1.15. The maximum Gasteiger partial charge on any atom is 0.208 e. The Kier molecular flexibility index (Phi) is 8.58. The molecule has 5 N–H and O–H groups in total. The quantitative estimate of drug-likeness (QED) is 0.287. The topological polar surface area (TPSA) is 76.4 Å². The van der Waals surface area contributed by atoms with Crippen molar-refractivity contribution in [1.82, 2.24) is 5.43 Å². The van der Waals surface area contributed by atoms with E-state index < -0.39 is 0 Å². The molecule has 0 heterocycles. The van der Waals surface area contributed by atoms with Crippen LogP contribution in [0.3, 0.4) is 0 Å². The largest absolute Gasteiger partial charge is 0.369 e. The molecule has 0 fully saturated rings. The Labute approximate surface area is 89.2 Å². The summed E-state index contributed by atoms with van der Waals surface area (Å²) >= 11 is 0. The highest BCUT2D eigenvalue weighted by molar-refractivity contribution is 5.85. The molecule has 0 bridgehead atoms. The van der Waals surface area contributed by atoms with Gasteiger partial charge in [-0.2, -0.15) is 0 Å². The second-order valence-electron chi connectivity index (χ2n) is 1.98. The number of rotatable bonds is 1. The van der Waals surface area contributed by atoms with Gasteiger partial charge in [0.25, 0.3) is 0 Å². The van der Waals surface area contributed by atoms with Crippen LogP contribution >= 0.6 is 24.8 Å². The van der Waals surface area contributed by atoms with Crippen LogP contribution in [0.5, 0.6) is 0 Å². The van der Waals surface area contributed by atoms with Gasteiger partial charge in [0.05, 0.1) is 5.69 Å². The monoisotopic (exact) mass is 222 g/mol. The van der Waals surface area contributed by atoms with Crippen molar-refractivity contribution in [3.63, 3.8) is 0 Å². The number of halogens is 2. The van der Waals surface area contributed by atoms with Gasteiger partial charge in [-0.25, -0.2) is 10.8 Å². The fourth-order valence-electron chi connectivity index (χ4n) is 0.674. The number of aliphatic imine (C=N–C) groups is 1. The summed E-state index contributed by atoms with van der Waals surface area (Å²) in [5, 5.41) is 0. The minimum Gasteiger partial charge on any atom is -0.369 e. The van der Waals surface area contributed by atoms with Gasteiger partial charge < -0.3 is 5.73 Å². The molecule has 0 atom stereocenters. The van der Waals surface area contributed by atoms with Crippen molar-refractivity contribution in [2.24, 2.45) is 16.6 Å². The number of nitrogens with one attached hydrogen (secondary N) is 1. The summed E-state index contributed by atoms with van der Waals surface area (Å²) in [5.74, 6) is 5.22. The van der Waals surface area contributed by atoms with Gasteiger partial charge in [-0.3, -0.25) is 5.43 Å². The van der Waals surface area contributed by atoms with Crippen LogP contribution in [0.15, 0.2) is 35.3 Å².